The van der Waals surface area contributed by atoms with Crippen molar-refractivity contribution < 1.29 is 18.1 Å². The molecule has 1 spiro atoms. The molecule has 2 aliphatic heterocycles. The fraction of sp³-hybridized carbons (Fsp3) is 0.211. The summed E-state index contributed by atoms with van der Waals surface area (Å²) in [7, 11) is -3.86. The molecule has 8 nitrogen and oxygen atoms in total. The van der Waals surface area contributed by atoms with Crippen LogP contribution in [0, 0.1) is 10.1 Å². The van der Waals surface area contributed by atoms with Crippen LogP contribution in [0.4, 0.5) is 11.4 Å². The smallest absolute Gasteiger partial charge is 0.269 e. The molecule has 2 aliphatic rings. The fourth-order valence-electron chi connectivity index (χ4n) is 3.90. The second kappa shape index (κ2) is 6.25. The molecule has 1 atom stereocenters. The Bertz CT molecular complexity index is 1110. The van der Waals surface area contributed by atoms with Gasteiger partial charge in [-0.1, -0.05) is 24.8 Å². The van der Waals surface area contributed by atoms with Crippen molar-refractivity contribution in [3.8, 4) is 0 Å². The van der Waals surface area contributed by atoms with Crippen LogP contribution in [-0.4, -0.2) is 36.6 Å². The number of non-ortho nitro benzene ring substituents is 1. The third kappa shape index (κ3) is 2.54. The van der Waals surface area contributed by atoms with Crippen molar-refractivity contribution in [2.24, 2.45) is 0 Å². The highest BCUT2D eigenvalue weighted by molar-refractivity contribution is 7.89. The van der Waals surface area contributed by atoms with Crippen molar-refractivity contribution in [3.63, 3.8) is 0 Å². The van der Waals surface area contributed by atoms with E-state index in [1.165, 1.54) is 16.4 Å². The van der Waals surface area contributed by atoms with E-state index in [1.807, 2.05) is 24.3 Å². The maximum Gasteiger partial charge on any atom is 0.269 e. The van der Waals surface area contributed by atoms with E-state index in [0.717, 1.165) is 23.4 Å². The normalized spacial score (nSPS) is 22.1. The van der Waals surface area contributed by atoms with Gasteiger partial charge in [-0.25, -0.2) is 8.42 Å². The maximum atomic E-state index is 13.0. The number of hydrogen-bond acceptors (Lipinski definition) is 5. The van der Waals surface area contributed by atoms with E-state index >= 15 is 0 Å². The lowest BCUT2D eigenvalue weighted by atomic mass is 9.71. The molecule has 1 fully saturated rings. The van der Waals surface area contributed by atoms with E-state index in [9.17, 15) is 23.3 Å². The second-order valence-corrected chi connectivity index (χ2v) is 8.79. The van der Waals surface area contributed by atoms with Crippen LogP contribution in [0.2, 0.25) is 0 Å². The molecular weight excluding hydrogens is 382 g/mol. The molecule has 2 aromatic carbocycles. The lowest BCUT2D eigenvalue weighted by Gasteiger charge is -2.39. The van der Waals surface area contributed by atoms with E-state index in [4.69, 9.17) is 0 Å². The van der Waals surface area contributed by atoms with Crippen molar-refractivity contribution >= 4 is 27.3 Å². The summed E-state index contributed by atoms with van der Waals surface area (Å²) in [5, 5.41) is 13.6. The minimum Gasteiger partial charge on any atom is -0.325 e. The molecule has 0 aromatic heterocycles. The first-order chi connectivity index (χ1) is 13.3. The zero-order valence-electron chi connectivity index (χ0n) is 14.8. The molecule has 144 valence electrons. The number of para-hydroxylation sites is 1. The quantitative estimate of drug-likeness (QED) is 0.484. The van der Waals surface area contributed by atoms with Gasteiger partial charge in [0.1, 0.15) is 0 Å². The molecule has 0 radical (unpaired) electrons. The lowest BCUT2D eigenvalue weighted by Crippen LogP contribution is -2.49. The van der Waals surface area contributed by atoms with Crippen LogP contribution in [-0.2, 0) is 20.2 Å². The number of rotatable bonds is 3. The Kier molecular flexibility index (Phi) is 4.09. The summed E-state index contributed by atoms with van der Waals surface area (Å²) in [4.78, 5) is 22.9. The van der Waals surface area contributed by atoms with Gasteiger partial charge in [0, 0.05) is 30.9 Å². The van der Waals surface area contributed by atoms with Gasteiger partial charge in [0.2, 0.25) is 15.9 Å². The van der Waals surface area contributed by atoms with E-state index in [1.54, 1.807) is 0 Å². The molecule has 9 heteroatoms. The average molecular weight is 399 g/mol. The van der Waals surface area contributed by atoms with Crippen molar-refractivity contribution in [2.45, 2.75) is 16.7 Å². The molecule has 0 aliphatic carbocycles. The molecule has 1 unspecified atom stereocenters. The minimum absolute atomic E-state index is 0.00107. The third-order valence-electron chi connectivity index (χ3n) is 5.41. The van der Waals surface area contributed by atoms with E-state index < -0.39 is 20.4 Å². The van der Waals surface area contributed by atoms with Crippen molar-refractivity contribution in [1.29, 1.82) is 0 Å². The number of carbonyl (C=O) groups excluding carboxylic acids is 1. The number of piperidine rings is 1. The predicted octanol–water partition coefficient (Wildman–Crippen LogP) is 2.44. The number of fused-ring (bicyclic) bond motifs is 2. The van der Waals surface area contributed by atoms with Crippen molar-refractivity contribution in [2.75, 3.05) is 18.4 Å². The first-order valence-electron chi connectivity index (χ1n) is 8.60. The Morgan fingerprint density at radius 2 is 1.82 bits per heavy atom. The topological polar surface area (TPSA) is 110 Å². The van der Waals surface area contributed by atoms with Gasteiger partial charge in [-0.2, -0.15) is 4.31 Å². The first kappa shape index (κ1) is 18.3. The summed E-state index contributed by atoms with van der Waals surface area (Å²) in [6, 6.07) is 12.1. The molecule has 0 saturated carbocycles. The highest BCUT2D eigenvalue weighted by atomic mass is 32.2. The Balaban J connectivity index is 1.63. The molecule has 2 aromatic rings. The number of nitro groups is 1. The maximum absolute atomic E-state index is 13.0. The number of nitrogens with zero attached hydrogens (tertiary/aromatic N) is 2. The van der Waals surface area contributed by atoms with Crippen LogP contribution >= 0.6 is 0 Å². The number of nitrogens with one attached hydrogen (secondary N) is 1. The summed E-state index contributed by atoms with van der Waals surface area (Å²) in [5.74, 6) is -0.189. The first-order valence-corrected chi connectivity index (χ1v) is 10.0. The predicted molar refractivity (Wildman–Crippen MR) is 102 cm³/mol. The molecule has 28 heavy (non-hydrogen) atoms. The van der Waals surface area contributed by atoms with Crippen LogP contribution in [0.5, 0.6) is 0 Å². The Morgan fingerprint density at radius 1 is 1.14 bits per heavy atom. The van der Waals surface area contributed by atoms with E-state index in [2.05, 4.69) is 11.9 Å². The Labute approximate surface area is 161 Å². The third-order valence-corrected chi connectivity index (χ3v) is 7.27. The van der Waals surface area contributed by atoms with Gasteiger partial charge in [-0.3, -0.25) is 14.9 Å². The van der Waals surface area contributed by atoms with Crippen LogP contribution in [0.25, 0.3) is 0 Å². The van der Waals surface area contributed by atoms with E-state index in [-0.39, 0.29) is 36.0 Å². The van der Waals surface area contributed by atoms with Gasteiger partial charge in [0.25, 0.3) is 5.69 Å². The van der Waals surface area contributed by atoms with Crippen molar-refractivity contribution in [3.05, 3.63) is 76.4 Å². The lowest BCUT2D eigenvalue weighted by molar-refractivity contribution is -0.384. The van der Waals surface area contributed by atoms with Gasteiger partial charge in [0.15, 0.2) is 0 Å². The van der Waals surface area contributed by atoms with Gasteiger partial charge >= 0.3 is 0 Å². The molecular formula is C19H17N3O5S. The number of benzene rings is 2. The second-order valence-electron chi connectivity index (χ2n) is 6.85. The summed E-state index contributed by atoms with van der Waals surface area (Å²) < 4.78 is 27.2. The zero-order chi connectivity index (χ0) is 20.1. The summed E-state index contributed by atoms with van der Waals surface area (Å²) in [5.41, 5.74) is 0.933. The number of nitro benzene ring substituents is 1. The summed E-state index contributed by atoms with van der Waals surface area (Å²) in [6.07, 6.45) is 0.279. The molecule has 1 N–H and O–H groups in total. The highest BCUT2D eigenvalue weighted by Crippen LogP contribution is 2.47. The monoisotopic (exact) mass is 399 g/mol. The highest BCUT2D eigenvalue weighted by Gasteiger charge is 2.52. The number of sulfonamides is 1. The van der Waals surface area contributed by atoms with Crippen LogP contribution < -0.4 is 5.32 Å². The van der Waals surface area contributed by atoms with E-state index in [0.29, 0.717) is 5.57 Å². The standard InChI is InChI=1S/C19H17N3O5S/c1-13-12-21(28(26,27)15-8-6-14(7-9-15)22(24)25)11-10-19(13)16-4-2-3-5-17(16)20-18(19)23/h2-9H,1,10-12H2,(H,20,23). The summed E-state index contributed by atoms with van der Waals surface area (Å²) in [6.45, 7) is 4.18. The van der Waals surface area contributed by atoms with Crippen molar-refractivity contribution in [1.82, 2.24) is 4.31 Å². The number of anilines is 1. The van der Waals surface area contributed by atoms with Gasteiger partial charge in [-0.05, 0) is 35.8 Å². The Morgan fingerprint density at radius 3 is 2.46 bits per heavy atom. The number of carbonyl (C=O) groups is 1. The zero-order valence-corrected chi connectivity index (χ0v) is 15.6. The molecule has 4 rings (SSSR count). The molecule has 2 heterocycles. The van der Waals surface area contributed by atoms with Crippen LogP contribution in [0.1, 0.15) is 12.0 Å². The molecule has 0 bridgehead atoms. The Hall–Kier alpha value is -3.04. The fourth-order valence-corrected chi connectivity index (χ4v) is 5.34. The number of amides is 1. The van der Waals surface area contributed by atoms with Gasteiger partial charge < -0.3 is 5.32 Å². The SMILES string of the molecule is C=C1CN(S(=O)(=O)c2ccc([N+](=O)[O-])cc2)CCC12C(=O)Nc1ccccc12. The van der Waals surface area contributed by atoms with Gasteiger partial charge in [0.05, 0.1) is 15.2 Å². The minimum atomic E-state index is -3.86. The average Bonchev–Trinajstić information content (AvgIpc) is 2.96. The van der Waals surface area contributed by atoms with Crippen LogP contribution in [0.15, 0.2) is 65.6 Å². The van der Waals surface area contributed by atoms with Crippen LogP contribution in [0.3, 0.4) is 0 Å². The number of hydrogen-bond donors (Lipinski definition) is 1. The van der Waals surface area contributed by atoms with Gasteiger partial charge in [-0.15, -0.1) is 0 Å². The largest absolute Gasteiger partial charge is 0.325 e. The summed E-state index contributed by atoms with van der Waals surface area (Å²) >= 11 is 0. The molecule has 1 amide bonds. The molecule has 1 saturated heterocycles.